The van der Waals surface area contributed by atoms with Crippen LogP contribution in [0.1, 0.15) is 18.1 Å². The number of benzene rings is 2. The second kappa shape index (κ2) is 4.56. The van der Waals surface area contributed by atoms with E-state index in [2.05, 4.69) is 16.4 Å². The summed E-state index contributed by atoms with van der Waals surface area (Å²) < 4.78 is 0. The Balaban J connectivity index is 1.97. The molecule has 0 unspecified atom stereocenters. The first-order chi connectivity index (χ1) is 10.6. The number of rotatable bonds is 1. The highest BCUT2D eigenvalue weighted by molar-refractivity contribution is 5.97. The van der Waals surface area contributed by atoms with E-state index in [4.69, 9.17) is 0 Å². The van der Waals surface area contributed by atoms with Gasteiger partial charge in [0.05, 0.1) is 5.69 Å². The first-order valence-corrected chi connectivity index (χ1v) is 7.18. The van der Waals surface area contributed by atoms with Crippen LogP contribution in [0.4, 0.5) is 5.69 Å². The summed E-state index contributed by atoms with van der Waals surface area (Å²) >= 11 is 0. The minimum absolute atomic E-state index is 0.127. The van der Waals surface area contributed by atoms with Crippen molar-refractivity contribution >= 4 is 22.4 Å². The molecule has 3 aromatic rings. The molecule has 1 aromatic heterocycles. The number of pyridine rings is 1. The fourth-order valence-electron chi connectivity index (χ4n) is 3.19. The van der Waals surface area contributed by atoms with Crippen LogP contribution in [0, 0.1) is 0 Å². The van der Waals surface area contributed by atoms with Gasteiger partial charge in [-0.25, -0.2) is 0 Å². The summed E-state index contributed by atoms with van der Waals surface area (Å²) in [7, 11) is 0. The average molecular weight is 290 g/mol. The maximum absolute atomic E-state index is 12.4. The topological polar surface area (TPSA) is 62.0 Å². The van der Waals surface area contributed by atoms with Gasteiger partial charge in [0.25, 0.3) is 5.56 Å². The van der Waals surface area contributed by atoms with Crippen molar-refractivity contribution in [3.05, 3.63) is 63.9 Å². The van der Waals surface area contributed by atoms with Crippen LogP contribution in [0.2, 0.25) is 0 Å². The predicted octanol–water partition coefficient (Wildman–Crippen LogP) is 3.06. The van der Waals surface area contributed by atoms with Gasteiger partial charge in [-0.15, -0.1) is 0 Å². The number of fused-ring (bicyclic) bond motifs is 5. The van der Waals surface area contributed by atoms with E-state index in [9.17, 15) is 9.59 Å². The molecule has 1 aliphatic carbocycles. The molecule has 108 valence electrons. The van der Waals surface area contributed by atoms with Crippen molar-refractivity contribution in [3.63, 3.8) is 0 Å². The van der Waals surface area contributed by atoms with Gasteiger partial charge in [-0.1, -0.05) is 30.3 Å². The van der Waals surface area contributed by atoms with Crippen LogP contribution >= 0.6 is 0 Å². The quantitative estimate of drug-likeness (QED) is 0.566. The fraction of sp³-hybridized carbons (Fsp3) is 0.111. The van der Waals surface area contributed by atoms with E-state index >= 15 is 0 Å². The third kappa shape index (κ3) is 1.84. The highest BCUT2D eigenvalue weighted by atomic mass is 16.1. The molecule has 4 heteroatoms. The molecule has 0 atom stereocenters. The van der Waals surface area contributed by atoms with E-state index in [1.807, 2.05) is 30.3 Å². The lowest BCUT2D eigenvalue weighted by Gasteiger charge is -2.08. The molecule has 0 spiro atoms. The molecule has 2 aromatic carbocycles. The lowest BCUT2D eigenvalue weighted by atomic mass is 10.0. The number of anilines is 1. The molecular weight excluding hydrogens is 276 g/mol. The third-order valence-corrected chi connectivity index (χ3v) is 4.10. The minimum atomic E-state index is -0.149. The maximum Gasteiger partial charge on any atom is 0.256 e. The van der Waals surface area contributed by atoms with E-state index < -0.39 is 0 Å². The zero-order valence-corrected chi connectivity index (χ0v) is 12.1. The summed E-state index contributed by atoms with van der Waals surface area (Å²) in [6.45, 7) is 1.45. The Hall–Kier alpha value is -2.88. The van der Waals surface area contributed by atoms with Gasteiger partial charge in [-0.05, 0) is 28.6 Å². The predicted molar refractivity (Wildman–Crippen MR) is 87.1 cm³/mol. The summed E-state index contributed by atoms with van der Waals surface area (Å²) in [5, 5.41) is 4.27. The smallest absolute Gasteiger partial charge is 0.256 e. The molecule has 2 N–H and O–H groups in total. The normalized spacial score (nSPS) is 12.0. The van der Waals surface area contributed by atoms with Gasteiger partial charge in [0.2, 0.25) is 5.91 Å². The van der Waals surface area contributed by atoms with Gasteiger partial charge < -0.3 is 10.3 Å². The number of H-pyrrole nitrogens is 1. The van der Waals surface area contributed by atoms with E-state index in [0.717, 1.165) is 28.6 Å². The summed E-state index contributed by atoms with van der Waals surface area (Å²) in [5.41, 5.74) is 4.90. The molecule has 0 saturated carbocycles. The lowest BCUT2D eigenvalue weighted by molar-refractivity contribution is -0.114. The molecule has 0 bridgehead atoms. The van der Waals surface area contributed by atoms with Gasteiger partial charge in [-0.2, -0.15) is 0 Å². The molecule has 0 saturated heterocycles. The molecule has 22 heavy (non-hydrogen) atoms. The Morgan fingerprint density at radius 3 is 2.77 bits per heavy atom. The van der Waals surface area contributed by atoms with Gasteiger partial charge in [-0.3, -0.25) is 9.59 Å². The fourth-order valence-corrected chi connectivity index (χ4v) is 3.19. The van der Waals surface area contributed by atoms with Crippen molar-refractivity contribution < 1.29 is 4.79 Å². The highest BCUT2D eigenvalue weighted by Gasteiger charge is 2.22. The zero-order chi connectivity index (χ0) is 15.3. The number of nitrogens with one attached hydrogen (secondary N) is 2. The Bertz CT molecular complexity index is 986. The lowest BCUT2D eigenvalue weighted by Crippen LogP contribution is -2.10. The van der Waals surface area contributed by atoms with Crippen molar-refractivity contribution in [2.45, 2.75) is 13.3 Å². The number of aromatic nitrogens is 1. The molecular formula is C18H14N2O2. The molecule has 4 rings (SSSR count). The molecule has 1 heterocycles. The minimum Gasteiger partial charge on any atom is -0.326 e. The largest absolute Gasteiger partial charge is 0.326 e. The number of carbonyl (C=O) groups is 1. The number of amides is 1. The molecule has 1 amide bonds. The molecule has 0 fully saturated rings. The summed E-state index contributed by atoms with van der Waals surface area (Å²) in [4.78, 5) is 26.6. The van der Waals surface area contributed by atoms with Gasteiger partial charge in [0.15, 0.2) is 0 Å². The Labute approximate surface area is 126 Å². The van der Waals surface area contributed by atoms with Crippen LogP contribution in [0.25, 0.3) is 22.0 Å². The maximum atomic E-state index is 12.4. The molecule has 0 radical (unpaired) electrons. The van der Waals surface area contributed by atoms with E-state index in [1.54, 1.807) is 6.07 Å². The Morgan fingerprint density at radius 1 is 1.14 bits per heavy atom. The average Bonchev–Trinajstić information content (AvgIpc) is 2.86. The van der Waals surface area contributed by atoms with E-state index in [1.165, 1.54) is 12.5 Å². The van der Waals surface area contributed by atoms with Crippen molar-refractivity contribution in [1.82, 2.24) is 4.98 Å². The van der Waals surface area contributed by atoms with Gasteiger partial charge in [0, 0.05) is 30.0 Å². The highest BCUT2D eigenvalue weighted by Crippen LogP contribution is 2.37. The second-order valence-corrected chi connectivity index (χ2v) is 5.58. The van der Waals surface area contributed by atoms with Crippen molar-refractivity contribution in [2.24, 2.45) is 0 Å². The summed E-state index contributed by atoms with van der Waals surface area (Å²) in [6.07, 6.45) is 0.818. The van der Waals surface area contributed by atoms with Gasteiger partial charge in [0.1, 0.15) is 0 Å². The number of aromatic amines is 1. The third-order valence-electron chi connectivity index (χ3n) is 4.10. The van der Waals surface area contributed by atoms with E-state index in [-0.39, 0.29) is 11.5 Å². The number of carbonyl (C=O) groups excluding carboxylic acids is 1. The van der Waals surface area contributed by atoms with E-state index in [0.29, 0.717) is 11.1 Å². The molecule has 0 aliphatic heterocycles. The first-order valence-electron chi connectivity index (χ1n) is 7.18. The summed E-state index contributed by atoms with van der Waals surface area (Å²) in [5.74, 6) is -0.149. The van der Waals surface area contributed by atoms with Crippen LogP contribution in [-0.2, 0) is 11.2 Å². The number of hydrogen-bond acceptors (Lipinski definition) is 2. The second-order valence-electron chi connectivity index (χ2n) is 5.58. The molecule has 4 nitrogen and oxygen atoms in total. The first kappa shape index (κ1) is 12.8. The van der Waals surface area contributed by atoms with Crippen LogP contribution in [0.3, 0.4) is 0 Å². The monoisotopic (exact) mass is 290 g/mol. The molecule has 1 aliphatic rings. The summed E-state index contributed by atoms with van der Waals surface area (Å²) in [6, 6.07) is 13.6. The Morgan fingerprint density at radius 2 is 1.95 bits per heavy atom. The SMILES string of the molecule is CC(=O)Nc1ccc2c3c([nH]c(=O)c2c1)-c1ccccc1C3. The van der Waals surface area contributed by atoms with Crippen molar-refractivity contribution in [1.29, 1.82) is 0 Å². The van der Waals surface area contributed by atoms with Crippen LogP contribution in [0.5, 0.6) is 0 Å². The van der Waals surface area contributed by atoms with Crippen LogP contribution in [0.15, 0.2) is 47.3 Å². The standard InChI is InChI=1S/C18H14N2O2/c1-10(21)19-12-6-7-14-15-8-11-4-2-3-5-13(11)17(15)20-18(22)16(14)9-12/h2-7,9H,8H2,1H3,(H,19,21)(H,20,22). The zero-order valence-electron chi connectivity index (χ0n) is 12.1. The van der Waals surface area contributed by atoms with Crippen molar-refractivity contribution in [2.75, 3.05) is 5.32 Å². The van der Waals surface area contributed by atoms with Crippen LogP contribution < -0.4 is 10.9 Å². The number of hydrogen-bond donors (Lipinski definition) is 2. The van der Waals surface area contributed by atoms with Crippen molar-refractivity contribution in [3.8, 4) is 11.3 Å². The Kier molecular flexibility index (Phi) is 2.66. The van der Waals surface area contributed by atoms with Gasteiger partial charge >= 0.3 is 0 Å². The van der Waals surface area contributed by atoms with Crippen LogP contribution in [-0.4, -0.2) is 10.9 Å².